The minimum absolute atomic E-state index is 0.231. The van der Waals surface area contributed by atoms with E-state index in [-0.39, 0.29) is 11.4 Å². The quantitative estimate of drug-likeness (QED) is 0.513. The number of halogens is 1. The summed E-state index contributed by atoms with van der Waals surface area (Å²) in [7, 11) is 0. The van der Waals surface area contributed by atoms with Gasteiger partial charge in [0.1, 0.15) is 11.6 Å². The van der Waals surface area contributed by atoms with Crippen LogP contribution in [0.2, 0.25) is 0 Å². The van der Waals surface area contributed by atoms with Gasteiger partial charge in [-0.25, -0.2) is 14.4 Å². The lowest BCUT2D eigenvalue weighted by molar-refractivity contribution is 0.628. The van der Waals surface area contributed by atoms with Gasteiger partial charge in [-0.15, -0.1) is 6.42 Å². The van der Waals surface area contributed by atoms with Gasteiger partial charge in [-0.2, -0.15) is 0 Å². The summed E-state index contributed by atoms with van der Waals surface area (Å²) < 4.78 is 14.6. The molecule has 4 rings (SSSR count). The Morgan fingerprint density at radius 3 is 2.46 bits per heavy atom. The van der Waals surface area contributed by atoms with Crippen molar-refractivity contribution >= 4 is 23.2 Å². The molecule has 5 heteroatoms. The fraction of sp³-hybridized carbons (Fsp3) is 0. The standard InChI is InChI=1S/C23H14FN3O/c1-2-16-7-12-19(13-8-16)27-21(14-9-17-5-10-18(24)11-6-17)26-22-20(23(27)28)4-3-15-25-22/h1,3-15H/b14-9+. The van der Waals surface area contributed by atoms with Crippen LogP contribution in [0.4, 0.5) is 4.39 Å². The summed E-state index contributed by atoms with van der Waals surface area (Å²) in [6.07, 6.45) is 10.5. The van der Waals surface area contributed by atoms with Gasteiger partial charge in [-0.3, -0.25) is 9.36 Å². The number of terminal acetylenes is 1. The zero-order chi connectivity index (χ0) is 19.5. The summed E-state index contributed by atoms with van der Waals surface area (Å²) in [5.41, 5.74) is 2.27. The Kier molecular flexibility index (Phi) is 4.53. The van der Waals surface area contributed by atoms with Gasteiger partial charge in [-0.1, -0.05) is 24.1 Å². The zero-order valence-electron chi connectivity index (χ0n) is 14.7. The molecule has 0 radical (unpaired) electrons. The number of hydrogen-bond donors (Lipinski definition) is 0. The van der Waals surface area contributed by atoms with Crippen LogP contribution >= 0.6 is 0 Å². The molecule has 2 heterocycles. The topological polar surface area (TPSA) is 47.8 Å². The average Bonchev–Trinajstić information content (AvgIpc) is 2.74. The van der Waals surface area contributed by atoms with Crippen LogP contribution in [0.15, 0.2) is 71.7 Å². The largest absolute Gasteiger partial charge is 0.268 e. The highest BCUT2D eigenvalue weighted by Gasteiger charge is 2.11. The van der Waals surface area contributed by atoms with Crippen LogP contribution in [0.5, 0.6) is 0 Å². The Morgan fingerprint density at radius 1 is 1.00 bits per heavy atom. The van der Waals surface area contributed by atoms with E-state index in [0.717, 1.165) is 11.1 Å². The van der Waals surface area contributed by atoms with Gasteiger partial charge >= 0.3 is 0 Å². The van der Waals surface area contributed by atoms with Crippen LogP contribution in [0.1, 0.15) is 17.0 Å². The molecule has 28 heavy (non-hydrogen) atoms. The Bertz CT molecular complexity index is 1280. The Hall–Kier alpha value is -4.04. The van der Waals surface area contributed by atoms with Crippen LogP contribution in [0, 0.1) is 18.2 Å². The van der Waals surface area contributed by atoms with Crippen molar-refractivity contribution in [3.63, 3.8) is 0 Å². The van der Waals surface area contributed by atoms with Crippen molar-refractivity contribution in [3.8, 4) is 18.0 Å². The van der Waals surface area contributed by atoms with Gasteiger partial charge in [0.2, 0.25) is 0 Å². The summed E-state index contributed by atoms with van der Waals surface area (Å²) in [6.45, 7) is 0. The molecule has 4 nitrogen and oxygen atoms in total. The molecule has 0 fully saturated rings. The molecule has 0 atom stereocenters. The third kappa shape index (κ3) is 3.31. The lowest BCUT2D eigenvalue weighted by atomic mass is 10.2. The number of benzene rings is 2. The van der Waals surface area contributed by atoms with E-state index < -0.39 is 0 Å². The van der Waals surface area contributed by atoms with Gasteiger partial charge in [0, 0.05) is 11.8 Å². The second-order valence-electron chi connectivity index (χ2n) is 6.06. The molecule has 0 spiro atoms. The second kappa shape index (κ2) is 7.29. The van der Waals surface area contributed by atoms with E-state index in [0.29, 0.717) is 22.5 Å². The van der Waals surface area contributed by atoms with Crippen molar-refractivity contribution in [1.82, 2.24) is 14.5 Å². The summed E-state index contributed by atoms with van der Waals surface area (Å²) in [4.78, 5) is 21.9. The molecular formula is C23H14FN3O. The van der Waals surface area contributed by atoms with Crippen LogP contribution in [-0.4, -0.2) is 14.5 Å². The number of hydrogen-bond acceptors (Lipinski definition) is 3. The molecular weight excluding hydrogens is 353 g/mol. The van der Waals surface area contributed by atoms with Crippen LogP contribution in [0.25, 0.3) is 28.9 Å². The first kappa shape index (κ1) is 17.4. The maximum Gasteiger partial charge on any atom is 0.267 e. The van der Waals surface area contributed by atoms with E-state index in [4.69, 9.17) is 6.42 Å². The number of fused-ring (bicyclic) bond motifs is 1. The molecule has 0 aliphatic carbocycles. The minimum atomic E-state index is -0.310. The van der Waals surface area contributed by atoms with Crippen molar-refractivity contribution in [2.24, 2.45) is 0 Å². The zero-order valence-corrected chi connectivity index (χ0v) is 14.7. The minimum Gasteiger partial charge on any atom is -0.268 e. The highest BCUT2D eigenvalue weighted by atomic mass is 19.1. The molecule has 2 aromatic carbocycles. The first-order chi connectivity index (χ1) is 13.7. The van der Waals surface area contributed by atoms with Crippen LogP contribution in [-0.2, 0) is 0 Å². The maximum absolute atomic E-state index is 13.1. The van der Waals surface area contributed by atoms with Crippen LogP contribution < -0.4 is 5.56 Å². The number of pyridine rings is 1. The van der Waals surface area contributed by atoms with E-state index in [1.165, 1.54) is 16.7 Å². The lowest BCUT2D eigenvalue weighted by Gasteiger charge is -2.11. The summed E-state index contributed by atoms with van der Waals surface area (Å²) in [5.74, 6) is 2.66. The molecule has 0 saturated carbocycles. The highest BCUT2D eigenvalue weighted by Crippen LogP contribution is 2.15. The molecule has 0 saturated heterocycles. The number of nitrogens with zero attached hydrogens (tertiary/aromatic N) is 3. The average molecular weight is 367 g/mol. The molecule has 134 valence electrons. The fourth-order valence-electron chi connectivity index (χ4n) is 2.85. The number of aromatic nitrogens is 3. The van der Waals surface area contributed by atoms with Gasteiger partial charge in [0.05, 0.1) is 11.1 Å². The van der Waals surface area contributed by atoms with Crippen molar-refractivity contribution < 1.29 is 4.39 Å². The van der Waals surface area contributed by atoms with E-state index >= 15 is 0 Å². The molecule has 4 aromatic rings. The van der Waals surface area contributed by atoms with Crippen molar-refractivity contribution in [3.05, 3.63) is 100.0 Å². The Labute approximate surface area is 160 Å². The Morgan fingerprint density at radius 2 is 1.75 bits per heavy atom. The van der Waals surface area contributed by atoms with E-state index in [1.54, 1.807) is 66.9 Å². The maximum atomic E-state index is 13.1. The normalized spacial score (nSPS) is 11.0. The van der Waals surface area contributed by atoms with Gasteiger partial charge in [0.15, 0.2) is 5.65 Å². The third-order valence-electron chi connectivity index (χ3n) is 4.26. The van der Waals surface area contributed by atoms with Gasteiger partial charge in [0.25, 0.3) is 5.56 Å². The second-order valence-corrected chi connectivity index (χ2v) is 6.06. The van der Waals surface area contributed by atoms with E-state index in [2.05, 4.69) is 15.9 Å². The van der Waals surface area contributed by atoms with Crippen molar-refractivity contribution in [1.29, 1.82) is 0 Å². The molecule has 0 aliphatic heterocycles. The smallest absolute Gasteiger partial charge is 0.267 e. The highest BCUT2D eigenvalue weighted by molar-refractivity contribution is 5.76. The first-order valence-electron chi connectivity index (χ1n) is 8.54. The van der Waals surface area contributed by atoms with E-state index in [9.17, 15) is 9.18 Å². The summed E-state index contributed by atoms with van der Waals surface area (Å²) in [5, 5.41) is 0.419. The Balaban J connectivity index is 1.91. The predicted octanol–water partition coefficient (Wildman–Crippen LogP) is 4.07. The third-order valence-corrected chi connectivity index (χ3v) is 4.26. The van der Waals surface area contributed by atoms with Gasteiger partial charge < -0.3 is 0 Å². The summed E-state index contributed by atoms with van der Waals surface area (Å²) >= 11 is 0. The molecule has 0 aliphatic rings. The van der Waals surface area contributed by atoms with Crippen molar-refractivity contribution in [2.45, 2.75) is 0 Å². The SMILES string of the molecule is C#Cc1ccc(-n2c(/C=C/c3ccc(F)cc3)nc3ncccc3c2=O)cc1. The molecule has 0 amide bonds. The molecule has 2 aromatic heterocycles. The van der Waals surface area contributed by atoms with Crippen molar-refractivity contribution in [2.75, 3.05) is 0 Å². The molecule has 0 unspecified atom stereocenters. The summed E-state index contributed by atoms with van der Waals surface area (Å²) in [6, 6.07) is 16.5. The molecule has 0 bridgehead atoms. The van der Waals surface area contributed by atoms with E-state index in [1.807, 2.05) is 0 Å². The lowest BCUT2D eigenvalue weighted by Crippen LogP contribution is -2.22. The number of rotatable bonds is 3. The van der Waals surface area contributed by atoms with Gasteiger partial charge in [-0.05, 0) is 60.2 Å². The van der Waals surface area contributed by atoms with Crippen LogP contribution in [0.3, 0.4) is 0 Å². The predicted molar refractivity (Wildman–Crippen MR) is 108 cm³/mol. The fourth-order valence-corrected chi connectivity index (χ4v) is 2.85. The first-order valence-corrected chi connectivity index (χ1v) is 8.54. The molecule has 0 N–H and O–H groups in total. The monoisotopic (exact) mass is 367 g/mol.